The number of hydrogen-bond acceptors (Lipinski definition) is 34. The van der Waals surface area contributed by atoms with Crippen molar-refractivity contribution >= 4 is 91.3 Å². The zero-order valence-electron chi connectivity index (χ0n) is 60.5. The van der Waals surface area contributed by atoms with E-state index in [9.17, 15) is 69.5 Å². The first-order valence-corrected chi connectivity index (χ1v) is 35.3. The minimum atomic E-state index is -1.20. The van der Waals surface area contributed by atoms with Crippen LogP contribution in [0, 0.1) is 5.82 Å². The number of phenols is 1. The summed E-state index contributed by atoms with van der Waals surface area (Å²) in [6.07, 6.45) is 2.84. The Morgan fingerprint density at radius 3 is 1.30 bits per heavy atom. The predicted octanol–water partition coefficient (Wildman–Crippen LogP) is -2.45. The first-order chi connectivity index (χ1) is 55.5. The third-order valence-electron chi connectivity index (χ3n) is 19.3. The average molecular weight is 1590 g/mol. The van der Waals surface area contributed by atoms with Crippen LogP contribution in [0.1, 0.15) is 61.5 Å². The number of carbonyl (C=O) groups is 4. The number of phenolic OH excluding ortho intramolecular Hbond substituents is 1. The number of imidazole rings is 4. The van der Waals surface area contributed by atoms with Crippen molar-refractivity contribution in [3.63, 3.8) is 0 Å². The van der Waals surface area contributed by atoms with Gasteiger partial charge >= 0.3 is 0 Å². The number of aliphatic hydroxyl groups is 8. The van der Waals surface area contributed by atoms with Gasteiger partial charge < -0.3 is 120 Å². The maximum absolute atomic E-state index is 13.1. The van der Waals surface area contributed by atoms with Crippen molar-refractivity contribution in [2.45, 2.75) is 110 Å². The van der Waals surface area contributed by atoms with Gasteiger partial charge in [0.05, 0.1) is 81.8 Å². The summed E-state index contributed by atoms with van der Waals surface area (Å²) in [5, 5.41) is 101. The molecule has 0 aliphatic carbocycles. The minimum absolute atomic E-state index is 0.114. The Morgan fingerprint density at radius 2 is 0.878 bits per heavy atom. The molecular weight excluding hydrogens is 1510 g/mol. The summed E-state index contributed by atoms with van der Waals surface area (Å²) in [5.74, 6) is -1.32. The number of nitrogens with zero attached hydrogens (tertiary/aromatic N) is 15. The second-order valence-corrected chi connectivity index (χ2v) is 26.6. The quantitative estimate of drug-likeness (QED) is 0.0399. The number of halogens is 1. The summed E-state index contributed by atoms with van der Waals surface area (Å²) in [6.45, 7) is -1.72. The second kappa shape index (κ2) is 35.1. The summed E-state index contributed by atoms with van der Waals surface area (Å²) < 4.78 is 47.5. The molecule has 115 heavy (non-hydrogen) atoms. The molecule has 4 fully saturated rings. The number of aromatic hydroxyl groups is 1. The molecule has 4 saturated heterocycles. The van der Waals surface area contributed by atoms with Crippen LogP contribution in [-0.4, -0.2) is 255 Å². The van der Waals surface area contributed by atoms with Crippen LogP contribution < -0.4 is 54.7 Å². The number of amides is 4. The van der Waals surface area contributed by atoms with Crippen molar-refractivity contribution in [2.75, 3.05) is 56.5 Å². The first kappa shape index (κ1) is 80.3. The molecule has 12 aromatic rings. The highest BCUT2D eigenvalue weighted by Crippen LogP contribution is 2.37. The number of methoxy groups -OCH3 is 1. The van der Waals surface area contributed by atoms with Crippen LogP contribution in [-0.2, 0) is 30.2 Å². The van der Waals surface area contributed by atoms with E-state index in [0.29, 0.717) is 72.9 Å². The van der Waals surface area contributed by atoms with E-state index in [1.54, 1.807) is 80.6 Å². The monoisotopic (exact) mass is 1590 g/mol. The number of nitrogens with one attached hydrogen (secondary N) is 4. The van der Waals surface area contributed by atoms with Gasteiger partial charge in [0, 0.05) is 35.9 Å². The lowest BCUT2D eigenvalue weighted by Crippen LogP contribution is -2.52. The molecule has 23 N–H and O–H groups in total. The van der Waals surface area contributed by atoms with Gasteiger partial charge in [-0.2, -0.15) is 0 Å². The average Bonchev–Trinajstić information content (AvgIpc) is 1.64. The van der Waals surface area contributed by atoms with Gasteiger partial charge in [-0.25, -0.2) is 54.2 Å². The van der Waals surface area contributed by atoms with Crippen LogP contribution in [0.2, 0.25) is 0 Å². The Kier molecular flexibility index (Phi) is 24.5. The normalized spacial score (nSPS) is 24.4. The van der Waals surface area contributed by atoms with Gasteiger partial charge in [0.15, 0.2) is 59.1 Å². The number of aromatic nitrogens is 15. The Hall–Kier alpha value is -12.8. The maximum atomic E-state index is 13.1. The Balaban J connectivity index is 0.000000134. The summed E-state index contributed by atoms with van der Waals surface area (Å²) >= 11 is 0. The van der Waals surface area contributed by atoms with Crippen molar-refractivity contribution < 1.29 is 93.2 Å². The van der Waals surface area contributed by atoms with Crippen LogP contribution >= 0.6 is 0 Å². The van der Waals surface area contributed by atoms with Crippen LogP contribution in [0.4, 0.5) is 27.4 Å². The molecule has 16 rings (SSSR count). The van der Waals surface area contributed by atoms with Crippen molar-refractivity contribution in [3.05, 3.63) is 188 Å². The molecule has 4 amide bonds. The van der Waals surface area contributed by atoms with E-state index in [0.717, 1.165) is 5.56 Å². The van der Waals surface area contributed by atoms with Crippen molar-refractivity contribution in [2.24, 2.45) is 5.73 Å². The number of fused-ring (bicyclic) bond motifs is 4. The number of hydrogen-bond donors (Lipinski definition) is 18. The smallest absolute Gasteiger partial charge is 0.253 e. The van der Waals surface area contributed by atoms with Crippen molar-refractivity contribution in [3.8, 4) is 11.5 Å². The van der Waals surface area contributed by atoms with E-state index in [1.807, 2.05) is 0 Å². The fourth-order valence-electron chi connectivity index (χ4n) is 13.4. The number of rotatable bonds is 19. The number of pyridine rings is 3. The highest BCUT2D eigenvalue weighted by molar-refractivity contribution is 5.96. The van der Waals surface area contributed by atoms with Crippen molar-refractivity contribution in [1.82, 2.24) is 94.4 Å². The molecule has 602 valence electrons. The van der Waals surface area contributed by atoms with E-state index in [2.05, 4.69) is 76.1 Å². The molecule has 9 aromatic heterocycles. The van der Waals surface area contributed by atoms with E-state index in [-0.39, 0.29) is 29.4 Å². The van der Waals surface area contributed by atoms with Gasteiger partial charge in [-0.05, 0) is 90.8 Å². The molecule has 3 aromatic carbocycles. The third-order valence-corrected chi connectivity index (χ3v) is 19.3. The zero-order valence-corrected chi connectivity index (χ0v) is 60.5. The minimum Gasteiger partial charge on any atom is -0.508 e. The Morgan fingerprint density at radius 1 is 0.478 bits per heavy atom. The summed E-state index contributed by atoms with van der Waals surface area (Å²) in [6, 6.07) is 20.0. The largest absolute Gasteiger partial charge is 0.508 e. The molecule has 4 aliphatic rings. The molecule has 0 saturated carbocycles. The van der Waals surface area contributed by atoms with Gasteiger partial charge in [0.2, 0.25) is 5.91 Å². The molecule has 5 unspecified atom stereocenters. The first-order valence-electron chi connectivity index (χ1n) is 35.3. The van der Waals surface area contributed by atoms with Gasteiger partial charge in [0.1, 0.15) is 125 Å². The lowest BCUT2D eigenvalue weighted by atomic mass is 10.0. The van der Waals surface area contributed by atoms with E-state index in [4.69, 9.17) is 52.4 Å². The van der Waals surface area contributed by atoms with Gasteiger partial charge in [-0.3, -0.25) is 42.4 Å². The molecule has 13 heterocycles. The van der Waals surface area contributed by atoms with Crippen LogP contribution in [0.25, 0.3) is 44.7 Å². The number of nitrogen functional groups attached to an aromatic ring is 4. The highest BCUT2D eigenvalue weighted by Gasteiger charge is 2.50. The van der Waals surface area contributed by atoms with Gasteiger partial charge in [0.25, 0.3) is 17.7 Å². The number of nitrogens with two attached hydrogens (primary N) is 5. The van der Waals surface area contributed by atoms with Gasteiger partial charge in [-0.15, -0.1) is 0 Å². The number of carbonyl (C=O) groups excluding carboxylic acids is 4. The second-order valence-electron chi connectivity index (χ2n) is 26.6. The topological polar surface area (TPSA) is 636 Å². The summed E-state index contributed by atoms with van der Waals surface area (Å²) in [5.41, 5.74) is 35.3. The molecule has 17 atom stereocenters. The van der Waals surface area contributed by atoms with Crippen LogP contribution in [0.5, 0.6) is 11.5 Å². The molecule has 4 aliphatic heterocycles. The SMILES string of the molecule is COc1cccc(C(=O)N[C@H]2C(O)[C@@H](CO)O[C@H]2n2cnc3c(N)ccnc32)c1.Nc1ccnc2c1ncn2[C@@H]1O[C@H](CO)C(O)[C@@H]1NC(=O)c1ccc(F)cc1.Nc1ncnc2c1ncn2[C@@H]1O[C@H](CO)C(O)[C@@H]1NC(=O)C(N)Cc1ccc(O)cc1.Nc1ncnc2c1ncn2[C@@H]1O[C@H](CO)C(O)[C@@H]1NC(=O)c1cccnc1. The van der Waals surface area contributed by atoms with Gasteiger partial charge in [-0.1, -0.05) is 18.2 Å². The number of benzene rings is 3. The fourth-order valence-corrected chi connectivity index (χ4v) is 13.4. The van der Waals surface area contributed by atoms with Crippen LogP contribution in [0.15, 0.2) is 160 Å². The molecule has 42 nitrogen and oxygen atoms in total. The fraction of sp³-hybridized carbons (Fsp3) is 0.319. The molecule has 0 bridgehead atoms. The van der Waals surface area contributed by atoms with E-state index >= 15 is 0 Å². The number of anilines is 4. The summed E-state index contributed by atoms with van der Waals surface area (Å²) in [7, 11) is 1.51. The Labute approximate surface area is 648 Å². The third kappa shape index (κ3) is 16.9. The maximum Gasteiger partial charge on any atom is 0.253 e. The molecule has 0 radical (unpaired) electrons. The number of aliphatic hydroxyl groups excluding tert-OH is 8. The van der Waals surface area contributed by atoms with Crippen molar-refractivity contribution in [1.29, 1.82) is 0 Å². The Bertz CT molecular complexity index is 5400. The summed E-state index contributed by atoms with van der Waals surface area (Å²) in [4.78, 5) is 96.0. The molecule has 43 heteroatoms. The standard InChI is InChI=1S/C19H23N7O5.C19H21N5O5.C18H18FN5O4.C16H17N7O4/c20-11(5-9-1-3-10(28)4-2-9)18(30)25-13-15(29)12(6-27)31-19(13)26-8-24-14-16(21)22-7-23-17(14)26;1-28-11-4-2-3-10(7-11)18(27)23-15-16(26)13(8-25)29-19(15)24-9-22-14-12(20)5-6-21-17(14)24;19-10-3-1-9(2-4-10)17(27)23-14-15(26)12(7-25)28-18(14)24-8-22-13-11(20)5-6-21-16(13)24;17-13-11-14(20-6-19-13)23(7-21-11)16-10(12(25)9(5-24)27-16)22-15(26)8-2-1-3-18-4-8/h1-4,7-8,11-13,15,19,27-29H,5-6,20H2,(H,25,30)(H2,21,22,23);2-7,9,13,15-16,19,25-26H,8H2,1H3,(H2,20,21)(H,23,27);1-6,8,12,14-15,18,25-26H,7H2,(H2,20,21)(H,23,27);1-4,6-7,9-10,12,16,24-25H,5H2,(H,22,26)(H2,17,19,20)/t11?,12-,13+,15?,19-;13-,15+,16?,19-;12-,14+,15?,18-;9-,10+,12?,16-/m1111/s1. The van der Waals surface area contributed by atoms with Crippen LogP contribution in [0.3, 0.4) is 0 Å². The van der Waals surface area contributed by atoms with E-state index in [1.165, 1.54) is 105 Å². The molecular formula is C72H79FN24O18. The predicted molar refractivity (Wildman–Crippen MR) is 400 cm³/mol. The molecule has 0 spiro atoms. The lowest BCUT2D eigenvalue weighted by Gasteiger charge is -2.24. The highest BCUT2D eigenvalue weighted by atomic mass is 19.1. The number of ether oxygens (including phenoxy) is 5. The van der Waals surface area contributed by atoms with E-state index < -0.39 is 160 Å². The zero-order chi connectivity index (χ0) is 81.5. The lowest BCUT2D eigenvalue weighted by molar-refractivity contribution is -0.124.